The smallest absolute Gasteiger partial charge is 0.261 e. The molecular formula is C22H23FN2O3. The molecule has 0 atom stereocenters. The van der Waals surface area contributed by atoms with Crippen LogP contribution in [0.4, 0.5) is 10.1 Å². The maximum Gasteiger partial charge on any atom is 0.261 e. The average molecular weight is 382 g/mol. The van der Waals surface area contributed by atoms with Gasteiger partial charge in [-0.05, 0) is 49.1 Å². The van der Waals surface area contributed by atoms with Gasteiger partial charge in [-0.15, -0.1) is 0 Å². The lowest BCUT2D eigenvalue weighted by molar-refractivity contribution is -0.134. The van der Waals surface area contributed by atoms with Crippen molar-refractivity contribution in [1.29, 1.82) is 0 Å². The first-order valence-electron chi connectivity index (χ1n) is 9.67. The number of hydrogen-bond acceptors (Lipinski definition) is 3. The maximum atomic E-state index is 13.1. The molecule has 6 heteroatoms. The van der Waals surface area contributed by atoms with E-state index in [-0.39, 0.29) is 30.3 Å². The van der Waals surface area contributed by atoms with Crippen molar-refractivity contribution >= 4 is 17.5 Å². The number of rotatable bonds is 7. The molecule has 146 valence electrons. The second kappa shape index (κ2) is 8.00. The summed E-state index contributed by atoms with van der Waals surface area (Å²) >= 11 is 0. The van der Waals surface area contributed by atoms with Gasteiger partial charge in [0.1, 0.15) is 11.6 Å². The second-order valence-electron chi connectivity index (χ2n) is 7.31. The fourth-order valence-corrected chi connectivity index (χ4v) is 3.48. The molecular weight excluding hydrogens is 359 g/mol. The molecule has 1 saturated carbocycles. The molecule has 1 aliphatic carbocycles. The third-order valence-corrected chi connectivity index (χ3v) is 5.14. The Morgan fingerprint density at radius 3 is 2.64 bits per heavy atom. The van der Waals surface area contributed by atoms with E-state index in [0.29, 0.717) is 25.3 Å². The van der Waals surface area contributed by atoms with E-state index in [1.807, 2.05) is 12.1 Å². The predicted octanol–water partition coefficient (Wildman–Crippen LogP) is 3.52. The Morgan fingerprint density at radius 2 is 1.96 bits per heavy atom. The summed E-state index contributed by atoms with van der Waals surface area (Å²) in [7, 11) is 0. The number of halogens is 1. The fourth-order valence-electron chi connectivity index (χ4n) is 3.48. The van der Waals surface area contributed by atoms with Crippen LogP contribution >= 0.6 is 0 Å². The zero-order valence-electron chi connectivity index (χ0n) is 15.6. The fraction of sp³-hybridized carbons (Fsp3) is 0.364. The Bertz CT molecular complexity index is 864. The molecule has 2 aliphatic rings. The van der Waals surface area contributed by atoms with E-state index < -0.39 is 0 Å². The van der Waals surface area contributed by atoms with Crippen LogP contribution in [0.1, 0.15) is 31.2 Å². The van der Waals surface area contributed by atoms with Crippen molar-refractivity contribution in [3.63, 3.8) is 0 Å². The van der Waals surface area contributed by atoms with Gasteiger partial charge in [0, 0.05) is 37.3 Å². The minimum absolute atomic E-state index is 0.0604. The Morgan fingerprint density at radius 1 is 1.18 bits per heavy atom. The van der Waals surface area contributed by atoms with Crippen LogP contribution in [-0.2, 0) is 16.1 Å². The normalized spacial score (nSPS) is 16.3. The molecule has 1 heterocycles. The highest BCUT2D eigenvalue weighted by Gasteiger charge is 2.32. The average Bonchev–Trinajstić information content (AvgIpc) is 3.46. The lowest BCUT2D eigenvalue weighted by atomic mass is 10.2. The number of nitrogens with zero attached hydrogens (tertiary/aromatic N) is 2. The lowest BCUT2D eigenvalue weighted by Gasteiger charge is -2.23. The highest BCUT2D eigenvalue weighted by molar-refractivity contribution is 5.95. The first kappa shape index (κ1) is 18.5. The monoisotopic (exact) mass is 382 g/mol. The number of hydrogen-bond donors (Lipinski definition) is 0. The highest BCUT2D eigenvalue weighted by atomic mass is 19.1. The molecule has 5 nitrogen and oxygen atoms in total. The number of anilines is 1. The number of carbonyl (C=O) groups excluding carboxylic acids is 2. The summed E-state index contributed by atoms with van der Waals surface area (Å²) in [6.45, 7) is 1.11. The van der Waals surface area contributed by atoms with E-state index in [4.69, 9.17) is 4.74 Å². The minimum atomic E-state index is -0.284. The van der Waals surface area contributed by atoms with Gasteiger partial charge in [0.15, 0.2) is 6.61 Å². The van der Waals surface area contributed by atoms with Gasteiger partial charge in [0.2, 0.25) is 5.91 Å². The molecule has 0 unspecified atom stereocenters. The van der Waals surface area contributed by atoms with E-state index in [2.05, 4.69) is 0 Å². The molecule has 0 radical (unpaired) electrons. The van der Waals surface area contributed by atoms with Gasteiger partial charge in [-0.3, -0.25) is 9.59 Å². The summed E-state index contributed by atoms with van der Waals surface area (Å²) in [5.74, 6) is 0.317. The van der Waals surface area contributed by atoms with Gasteiger partial charge in [-0.1, -0.05) is 18.2 Å². The van der Waals surface area contributed by atoms with Crippen molar-refractivity contribution in [3.8, 4) is 5.75 Å². The first-order valence-corrected chi connectivity index (χ1v) is 9.67. The quantitative estimate of drug-likeness (QED) is 0.736. The van der Waals surface area contributed by atoms with E-state index in [1.54, 1.807) is 34.1 Å². The third-order valence-electron chi connectivity index (χ3n) is 5.14. The summed E-state index contributed by atoms with van der Waals surface area (Å²) in [5.41, 5.74) is 1.70. The highest BCUT2D eigenvalue weighted by Crippen LogP contribution is 2.29. The molecule has 1 saturated heterocycles. The van der Waals surface area contributed by atoms with Crippen LogP contribution in [0.15, 0.2) is 48.5 Å². The number of benzene rings is 2. The van der Waals surface area contributed by atoms with Gasteiger partial charge in [0.25, 0.3) is 5.91 Å². The first-order chi connectivity index (χ1) is 13.6. The Balaban J connectivity index is 1.38. The molecule has 1 aliphatic heterocycles. The van der Waals surface area contributed by atoms with Crippen LogP contribution in [0.25, 0.3) is 0 Å². The van der Waals surface area contributed by atoms with Gasteiger partial charge in [0.05, 0.1) is 0 Å². The SMILES string of the molecule is O=C1CCCN1c1cccc(OCC(=O)N(Cc2ccc(F)cc2)C2CC2)c1. The number of amides is 2. The van der Waals surface area contributed by atoms with E-state index in [9.17, 15) is 14.0 Å². The van der Waals surface area contributed by atoms with E-state index >= 15 is 0 Å². The van der Waals surface area contributed by atoms with E-state index in [0.717, 1.165) is 30.5 Å². The molecule has 4 rings (SSSR count). The minimum Gasteiger partial charge on any atom is -0.484 e. The molecule has 2 aromatic rings. The molecule has 0 bridgehead atoms. The van der Waals surface area contributed by atoms with Crippen molar-refractivity contribution in [2.24, 2.45) is 0 Å². The van der Waals surface area contributed by atoms with Gasteiger partial charge >= 0.3 is 0 Å². The Kier molecular flexibility index (Phi) is 5.28. The summed E-state index contributed by atoms with van der Waals surface area (Å²) < 4.78 is 18.8. The Hall–Kier alpha value is -2.89. The lowest BCUT2D eigenvalue weighted by Crippen LogP contribution is -2.36. The van der Waals surface area contributed by atoms with Gasteiger partial charge < -0.3 is 14.5 Å². The van der Waals surface area contributed by atoms with E-state index in [1.165, 1.54) is 12.1 Å². The van der Waals surface area contributed by atoms with Crippen LogP contribution in [0.3, 0.4) is 0 Å². The van der Waals surface area contributed by atoms with Crippen LogP contribution < -0.4 is 9.64 Å². The number of carbonyl (C=O) groups is 2. The van der Waals surface area contributed by atoms with Crippen molar-refractivity contribution < 1.29 is 18.7 Å². The van der Waals surface area contributed by atoms with Crippen LogP contribution in [-0.4, -0.2) is 35.9 Å². The zero-order chi connectivity index (χ0) is 19.5. The van der Waals surface area contributed by atoms with Crippen molar-refractivity contribution in [3.05, 3.63) is 59.9 Å². The predicted molar refractivity (Wildman–Crippen MR) is 103 cm³/mol. The van der Waals surface area contributed by atoms with Crippen LogP contribution in [0.5, 0.6) is 5.75 Å². The molecule has 2 fully saturated rings. The van der Waals surface area contributed by atoms with Crippen LogP contribution in [0, 0.1) is 5.82 Å². The molecule has 0 N–H and O–H groups in total. The summed E-state index contributed by atoms with van der Waals surface area (Å²) in [5, 5.41) is 0. The summed E-state index contributed by atoms with van der Waals surface area (Å²) in [6, 6.07) is 13.8. The summed E-state index contributed by atoms with van der Waals surface area (Å²) in [4.78, 5) is 28.2. The largest absolute Gasteiger partial charge is 0.484 e. The molecule has 2 aromatic carbocycles. The molecule has 2 amide bonds. The van der Waals surface area contributed by atoms with Crippen molar-refractivity contribution in [2.45, 2.75) is 38.3 Å². The van der Waals surface area contributed by atoms with Gasteiger partial charge in [-0.25, -0.2) is 4.39 Å². The van der Waals surface area contributed by atoms with Crippen LogP contribution in [0.2, 0.25) is 0 Å². The maximum absolute atomic E-state index is 13.1. The third kappa shape index (κ3) is 4.32. The molecule has 0 spiro atoms. The molecule has 0 aromatic heterocycles. The zero-order valence-corrected chi connectivity index (χ0v) is 15.6. The standard InChI is InChI=1S/C22H23FN2O3/c23-17-8-6-16(7-9-17)14-25(18-10-11-18)22(27)15-28-20-4-1-3-19(13-20)24-12-2-5-21(24)26/h1,3-4,6-9,13,18H,2,5,10-12,14-15H2. The van der Waals surface area contributed by atoms with Gasteiger partial charge in [-0.2, -0.15) is 0 Å². The molecule has 28 heavy (non-hydrogen) atoms. The topological polar surface area (TPSA) is 49.9 Å². The van der Waals surface area contributed by atoms with Crippen molar-refractivity contribution in [1.82, 2.24) is 4.90 Å². The summed E-state index contributed by atoms with van der Waals surface area (Å²) in [6.07, 6.45) is 3.41. The van der Waals surface area contributed by atoms with Crippen molar-refractivity contribution in [2.75, 3.05) is 18.1 Å². The second-order valence-corrected chi connectivity index (χ2v) is 7.31. The Labute approximate surface area is 163 Å². The number of ether oxygens (including phenoxy) is 1.